The van der Waals surface area contributed by atoms with Gasteiger partial charge in [0.05, 0.1) is 28.6 Å². The van der Waals surface area contributed by atoms with Crippen LogP contribution in [0.5, 0.6) is 0 Å². The SMILES string of the molecule is CC(C)c1cccc(C(C)C)c1N(C)CCN(I)c1c(C(C)C)cccc1C(C)C. The van der Waals surface area contributed by atoms with Crippen molar-refractivity contribution in [1.82, 2.24) is 0 Å². The molecule has 0 aliphatic carbocycles. The highest BCUT2D eigenvalue weighted by Crippen LogP contribution is 2.38. The molecule has 0 amide bonds. The van der Waals surface area contributed by atoms with Crippen LogP contribution < -0.4 is 8.01 Å². The molecular formula is C27H41IN2. The van der Waals surface area contributed by atoms with E-state index in [9.17, 15) is 0 Å². The van der Waals surface area contributed by atoms with Crippen LogP contribution in [-0.2, 0) is 0 Å². The van der Waals surface area contributed by atoms with Gasteiger partial charge in [0.1, 0.15) is 0 Å². The average Bonchev–Trinajstić information content (AvgIpc) is 2.70. The second kappa shape index (κ2) is 10.9. The molecule has 0 aromatic heterocycles. The first-order chi connectivity index (χ1) is 14.1. The summed E-state index contributed by atoms with van der Waals surface area (Å²) in [6, 6.07) is 13.6. The third-order valence-corrected chi connectivity index (χ3v) is 6.91. The Labute approximate surface area is 199 Å². The first kappa shape index (κ1) is 25.0. The van der Waals surface area contributed by atoms with E-state index in [4.69, 9.17) is 0 Å². The maximum absolute atomic E-state index is 2.53. The Morgan fingerprint density at radius 1 is 0.600 bits per heavy atom. The van der Waals surface area contributed by atoms with E-state index in [2.05, 4.69) is 130 Å². The van der Waals surface area contributed by atoms with Gasteiger partial charge >= 0.3 is 0 Å². The van der Waals surface area contributed by atoms with Crippen LogP contribution >= 0.6 is 22.9 Å². The molecule has 0 radical (unpaired) electrons. The number of para-hydroxylation sites is 2. The summed E-state index contributed by atoms with van der Waals surface area (Å²) in [5.41, 5.74) is 8.64. The Morgan fingerprint density at radius 2 is 0.933 bits per heavy atom. The topological polar surface area (TPSA) is 6.48 Å². The molecule has 0 heterocycles. The van der Waals surface area contributed by atoms with E-state index < -0.39 is 0 Å². The van der Waals surface area contributed by atoms with Gasteiger partial charge < -0.3 is 8.01 Å². The zero-order chi connectivity index (χ0) is 22.6. The molecular weight excluding hydrogens is 479 g/mol. The third kappa shape index (κ3) is 5.72. The summed E-state index contributed by atoms with van der Waals surface area (Å²) in [5.74, 6) is 2.07. The molecule has 0 N–H and O–H groups in total. The summed E-state index contributed by atoms with van der Waals surface area (Å²) in [7, 11) is 2.26. The third-order valence-electron chi connectivity index (χ3n) is 5.94. The standard InChI is InChI=1S/C27H41IN2/c1-18(2)22-12-10-13-23(19(3)4)26(22)29(9)16-17-30(28)27-24(20(5)6)14-11-15-25(27)21(7)8/h10-15,18-21H,16-17H2,1-9H3. The summed E-state index contributed by atoms with van der Waals surface area (Å²) in [6.45, 7) is 20.4. The van der Waals surface area contributed by atoms with Crippen molar-refractivity contribution in [3.8, 4) is 0 Å². The summed E-state index contributed by atoms with van der Waals surface area (Å²) in [5, 5.41) is 0. The van der Waals surface area contributed by atoms with Crippen LogP contribution in [0.2, 0.25) is 0 Å². The summed E-state index contributed by atoms with van der Waals surface area (Å²) in [6.07, 6.45) is 0. The van der Waals surface area contributed by atoms with Gasteiger partial charge in [0.25, 0.3) is 0 Å². The van der Waals surface area contributed by atoms with Crippen molar-refractivity contribution < 1.29 is 0 Å². The molecule has 0 spiro atoms. The second-order valence-electron chi connectivity index (χ2n) is 9.70. The Morgan fingerprint density at radius 3 is 1.27 bits per heavy atom. The molecule has 0 atom stereocenters. The Kier molecular flexibility index (Phi) is 9.08. The molecule has 2 aromatic carbocycles. The largest absolute Gasteiger partial charge is 0.372 e. The number of nitrogens with zero attached hydrogens (tertiary/aromatic N) is 2. The number of halogens is 1. The molecule has 0 bridgehead atoms. The summed E-state index contributed by atoms with van der Waals surface area (Å²) < 4.78 is 2.45. The number of likely N-dealkylation sites (N-methyl/N-ethyl adjacent to an activating group) is 1. The van der Waals surface area contributed by atoms with Crippen LogP contribution in [0.3, 0.4) is 0 Å². The first-order valence-electron chi connectivity index (χ1n) is 11.5. The number of anilines is 2. The highest BCUT2D eigenvalue weighted by atomic mass is 127. The predicted molar refractivity (Wildman–Crippen MR) is 144 cm³/mol. The van der Waals surface area contributed by atoms with Crippen molar-refractivity contribution >= 4 is 34.2 Å². The van der Waals surface area contributed by atoms with Crippen LogP contribution in [-0.4, -0.2) is 20.1 Å². The number of benzene rings is 2. The van der Waals surface area contributed by atoms with Gasteiger partial charge in [0.15, 0.2) is 0 Å². The second-order valence-corrected chi connectivity index (χ2v) is 10.9. The van der Waals surface area contributed by atoms with Gasteiger partial charge in [-0.3, -0.25) is 0 Å². The number of hydrogen-bond acceptors (Lipinski definition) is 2. The number of rotatable bonds is 9. The van der Waals surface area contributed by atoms with Crippen molar-refractivity contribution in [2.75, 3.05) is 28.2 Å². The van der Waals surface area contributed by atoms with Crippen molar-refractivity contribution in [1.29, 1.82) is 0 Å². The quantitative estimate of drug-likeness (QED) is 0.242. The molecule has 30 heavy (non-hydrogen) atoms. The Hall–Kier alpha value is -1.23. The molecule has 0 fully saturated rings. The van der Waals surface area contributed by atoms with E-state index >= 15 is 0 Å². The van der Waals surface area contributed by atoms with Crippen LogP contribution in [0.1, 0.15) is 101 Å². The summed E-state index contributed by atoms with van der Waals surface area (Å²) in [4.78, 5) is 2.48. The number of hydrogen-bond donors (Lipinski definition) is 0. The summed E-state index contributed by atoms with van der Waals surface area (Å²) >= 11 is 2.53. The van der Waals surface area contributed by atoms with Crippen molar-refractivity contribution in [2.24, 2.45) is 0 Å². The van der Waals surface area contributed by atoms with Crippen molar-refractivity contribution in [3.05, 3.63) is 58.7 Å². The lowest BCUT2D eigenvalue weighted by Crippen LogP contribution is -2.30. The fourth-order valence-electron chi connectivity index (χ4n) is 4.21. The van der Waals surface area contributed by atoms with E-state index in [1.54, 1.807) is 0 Å². The normalized spacial score (nSPS) is 11.8. The van der Waals surface area contributed by atoms with Crippen molar-refractivity contribution in [3.63, 3.8) is 0 Å². The van der Waals surface area contributed by atoms with Gasteiger partial charge in [-0.15, -0.1) is 0 Å². The van der Waals surface area contributed by atoms with Gasteiger partial charge in [-0.25, -0.2) is 0 Å². The maximum Gasteiger partial charge on any atom is 0.0592 e. The fourth-order valence-corrected chi connectivity index (χ4v) is 4.98. The molecule has 3 heteroatoms. The van der Waals surface area contributed by atoms with Gasteiger partial charge in [0, 0.05) is 25.8 Å². The molecule has 0 aliphatic heterocycles. The minimum absolute atomic E-state index is 0.517. The molecule has 0 saturated heterocycles. The van der Waals surface area contributed by atoms with Gasteiger partial charge in [-0.2, -0.15) is 0 Å². The Bertz CT molecular complexity index is 702. The zero-order valence-electron chi connectivity index (χ0n) is 20.5. The highest BCUT2D eigenvalue weighted by molar-refractivity contribution is 14.1. The van der Waals surface area contributed by atoms with Crippen LogP contribution in [0.4, 0.5) is 11.4 Å². The zero-order valence-corrected chi connectivity index (χ0v) is 22.6. The predicted octanol–water partition coefficient (Wildman–Crippen LogP) is 8.47. The van der Waals surface area contributed by atoms with E-state index in [0.29, 0.717) is 23.7 Å². The van der Waals surface area contributed by atoms with Gasteiger partial charge in [-0.05, 0) is 45.9 Å². The lowest BCUT2D eigenvalue weighted by atomic mass is 9.92. The molecule has 0 unspecified atom stereocenters. The van der Waals surface area contributed by atoms with Crippen LogP contribution in [0.15, 0.2) is 36.4 Å². The van der Waals surface area contributed by atoms with E-state index in [1.807, 2.05) is 0 Å². The maximum atomic E-state index is 2.53. The van der Waals surface area contributed by atoms with Gasteiger partial charge in [0.2, 0.25) is 0 Å². The van der Waals surface area contributed by atoms with Crippen LogP contribution in [0.25, 0.3) is 0 Å². The highest BCUT2D eigenvalue weighted by Gasteiger charge is 2.20. The monoisotopic (exact) mass is 520 g/mol. The lowest BCUT2D eigenvalue weighted by molar-refractivity contribution is 0.792. The molecule has 0 aliphatic rings. The fraction of sp³-hybridized carbons (Fsp3) is 0.556. The first-order valence-corrected chi connectivity index (χ1v) is 12.4. The molecule has 166 valence electrons. The minimum Gasteiger partial charge on any atom is -0.372 e. The smallest absolute Gasteiger partial charge is 0.0592 e. The van der Waals surface area contributed by atoms with Crippen molar-refractivity contribution in [2.45, 2.75) is 79.1 Å². The lowest BCUT2D eigenvalue weighted by Gasteiger charge is -2.31. The minimum atomic E-state index is 0.517. The van der Waals surface area contributed by atoms with Crippen LogP contribution in [0, 0.1) is 0 Å². The molecule has 2 nitrogen and oxygen atoms in total. The molecule has 2 aromatic rings. The average molecular weight is 521 g/mol. The van der Waals surface area contributed by atoms with Gasteiger partial charge in [-0.1, -0.05) is 91.8 Å². The molecule has 2 rings (SSSR count). The van der Waals surface area contributed by atoms with E-state index in [0.717, 1.165) is 13.1 Å². The van der Waals surface area contributed by atoms with E-state index in [-0.39, 0.29) is 0 Å². The van der Waals surface area contributed by atoms with E-state index in [1.165, 1.54) is 33.6 Å². The molecule has 0 saturated carbocycles. The Balaban J connectivity index is 2.33.